The molecular formula is C49H58BrN12O5P. The number of halogens is 1. The van der Waals surface area contributed by atoms with E-state index in [-0.39, 0.29) is 24.1 Å². The number of fused-ring (bicyclic) bond motifs is 2. The Kier molecular flexibility index (Phi) is 12.9. The number of aromatic nitrogens is 4. The van der Waals surface area contributed by atoms with Crippen molar-refractivity contribution in [2.45, 2.75) is 57.7 Å². The Bertz CT molecular complexity index is 2820. The summed E-state index contributed by atoms with van der Waals surface area (Å²) >= 11 is 3.61. The van der Waals surface area contributed by atoms with Crippen LogP contribution in [-0.2, 0) is 27.1 Å². The maximum absolute atomic E-state index is 13.5. The van der Waals surface area contributed by atoms with Crippen LogP contribution in [0.4, 0.5) is 34.5 Å². The number of carbonyl (C=O) groups is 3. The second kappa shape index (κ2) is 19.0. The second-order valence-corrected chi connectivity index (χ2v) is 23.0. The number of nitrogens with one attached hydrogen (secondary N) is 3. The first kappa shape index (κ1) is 46.1. The van der Waals surface area contributed by atoms with Gasteiger partial charge in [0.1, 0.15) is 30.3 Å². The number of carbonyl (C=O) groups excluding carboxylic acids is 3. The monoisotopic (exact) mass is 1000 g/mol. The standard InChI is InChI=1S/C49H58BrN12O5P/c1-5-31-22-39(55-49-53-25-36(50)46(57-49)54-38-9-8-37-44(52-15-14-51-37)45(38)68(3,4)66)42(67-2)24-41(31)60-16-12-33(13-17-60)59-20-18-58(19-21-59)26-30-27-61(28-30)34-7-6-32-29-62(48(65)35(32)23-34)40-10-11-43(63)56-47(40)64/h6-9,14-15,22-25,30,33,40H,5,10-13,16-21,26-29H2,1-4H3,(H,56,63,64)(H2,53,54,55,57). The number of piperazine rings is 1. The topological polar surface area (TPSA) is 181 Å². The Morgan fingerprint density at radius 3 is 2.40 bits per heavy atom. The van der Waals surface area contributed by atoms with Gasteiger partial charge in [0.05, 0.1) is 33.8 Å². The van der Waals surface area contributed by atoms with Crippen LogP contribution < -0.4 is 35.8 Å². The van der Waals surface area contributed by atoms with Crippen LogP contribution in [0.15, 0.2) is 65.5 Å². The number of imide groups is 1. The number of anilines is 6. The van der Waals surface area contributed by atoms with Crippen molar-refractivity contribution in [3.8, 4) is 5.75 Å². The summed E-state index contributed by atoms with van der Waals surface area (Å²) in [7, 11) is -1.09. The zero-order chi connectivity index (χ0) is 47.3. The van der Waals surface area contributed by atoms with Crippen LogP contribution in [0.5, 0.6) is 5.75 Å². The molecule has 1 unspecified atom stereocenters. The summed E-state index contributed by atoms with van der Waals surface area (Å²) in [4.78, 5) is 67.7. The van der Waals surface area contributed by atoms with Gasteiger partial charge < -0.3 is 39.5 Å². The molecule has 19 heteroatoms. The molecule has 7 heterocycles. The summed E-state index contributed by atoms with van der Waals surface area (Å²) in [5, 5.41) is 9.81. The van der Waals surface area contributed by atoms with Gasteiger partial charge in [-0.2, -0.15) is 4.98 Å². The van der Waals surface area contributed by atoms with Crippen LogP contribution in [0, 0.1) is 5.92 Å². The SMILES string of the molecule is CCc1cc(Nc2ncc(Br)c(Nc3ccc4nccnc4c3P(C)(C)=O)n2)c(OC)cc1N1CCC(N2CCN(CC3CN(c4ccc5c(c4)C(=O)N(C4CCC(=O)NC4=O)C5)C3)CC2)CC1. The maximum Gasteiger partial charge on any atom is 0.255 e. The Morgan fingerprint density at radius 2 is 1.66 bits per heavy atom. The van der Waals surface area contributed by atoms with E-state index in [9.17, 15) is 18.9 Å². The number of benzene rings is 3. The molecule has 2 aromatic heterocycles. The Labute approximate surface area is 404 Å². The number of ether oxygens (including phenoxy) is 1. The van der Waals surface area contributed by atoms with Gasteiger partial charge >= 0.3 is 0 Å². The normalized spacial score (nSPS) is 19.9. The largest absolute Gasteiger partial charge is 0.494 e. The quantitative estimate of drug-likeness (QED) is 0.0927. The van der Waals surface area contributed by atoms with E-state index in [2.05, 4.69) is 91.6 Å². The third-order valence-corrected chi connectivity index (χ3v) is 16.4. The first-order chi connectivity index (χ1) is 32.8. The number of hydrogen-bond donors (Lipinski definition) is 3. The van der Waals surface area contributed by atoms with E-state index < -0.39 is 13.2 Å². The fourth-order valence-electron chi connectivity index (χ4n) is 10.7. The van der Waals surface area contributed by atoms with E-state index in [0.29, 0.717) is 74.5 Å². The fraction of sp³-hybridized carbons (Fsp3) is 0.449. The van der Waals surface area contributed by atoms with Gasteiger partial charge in [-0.1, -0.05) is 13.0 Å². The molecule has 356 valence electrons. The van der Waals surface area contributed by atoms with E-state index in [0.717, 1.165) is 95.1 Å². The third-order valence-electron chi connectivity index (χ3n) is 14.3. The third kappa shape index (κ3) is 9.27. The van der Waals surface area contributed by atoms with Gasteiger partial charge in [0, 0.05) is 125 Å². The molecule has 5 aromatic rings. The lowest BCUT2D eigenvalue weighted by Crippen LogP contribution is -2.57. The number of piperidine rings is 2. The summed E-state index contributed by atoms with van der Waals surface area (Å²) in [5.74, 6) is 1.41. The number of amides is 3. The van der Waals surface area contributed by atoms with Crippen molar-refractivity contribution in [1.82, 2.24) is 40.0 Å². The van der Waals surface area contributed by atoms with Crippen molar-refractivity contribution >= 4 is 91.6 Å². The van der Waals surface area contributed by atoms with Gasteiger partial charge in [-0.05, 0) is 96.4 Å². The van der Waals surface area contributed by atoms with Gasteiger partial charge in [-0.25, -0.2) is 4.98 Å². The van der Waals surface area contributed by atoms with Gasteiger partial charge in [0.25, 0.3) is 5.91 Å². The molecule has 1 atom stereocenters. The van der Waals surface area contributed by atoms with Crippen LogP contribution in [0.2, 0.25) is 0 Å². The Hall–Kier alpha value is -5.68. The lowest BCUT2D eigenvalue weighted by Gasteiger charge is -2.46. The predicted octanol–water partition coefficient (Wildman–Crippen LogP) is 5.97. The maximum atomic E-state index is 13.5. The summed E-state index contributed by atoms with van der Waals surface area (Å²) in [5.41, 5.74) is 7.78. The highest BCUT2D eigenvalue weighted by atomic mass is 79.9. The van der Waals surface area contributed by atoms with E-state index >= 15 is 0 Å². The molecule has 4 saturated heterocycles. The molecule has 68 heavy (non-hydrogen) atoms. The van der Waals surface area contributed by atoms with Crippen molar-refractivity contribution < 1.29 is 23.7 Å². The zero-order valence-electron chi connectivity index (χ0n) is 39.0. The van der Waals surface area contributed by atoms with Gasteiger partial charge in [0.15, 0.2) is 0 Å². The van der Waals surface area contributed by atoms with E-state index in [4.69, 9.17) is 9.72 Å². The first-order valence-corrected chi connectivity index (χ1v) is 27.0. The molecular weight excluding hydrogens is 947 g/mol. The van der Waals surface area contributed by atoms with Crippen molar-refractivity contribution in [1.29, 1.82) is 0 Å². The van der Waals surface area contributed by atoms with Crippen LogP contribution in [0.1, 0.15) is 54.1 Å². The number of aryl methyl sites for hydroxylation is 1. The van der Waals surface area contributed by atoms with Crippen LogP contribution in [0.25, 0.3) is 11.0 Å². The van der Waals surface area contributed by atoms with Crippen molar-refractivity contribution in [2.75, 3.05) is 99.8 Å². The average molecular weight is 1010 g/mol. The molecule has 5 aliphatic rings. The minimum absolute atomic E-state index is 0.124. The van der Waals surface area contributed by atoms with Gasteiger partial charge in [-0.3, -0.25) is 34.6 Å². The molecule has 3 aromatic carbocycles. The predicted molar refractivity (Wildman–Crippen MR) is 269 cm³/mol. The smallest absolute Gasteiger partial charge is 0.255 e. The summed E-state index contributed by atoms with van der Waals surface area (Å²) < 4.78 is 20.2. The molecule has 4 fully saturated rings. The molecule has 3 N–H and O–H groups in total. The molecule has 0 bridgehead atoms. The first-order valence-electron chi connectivity index (χ1n) is 23.6. The minimum Gasteiger partial charge on any atom is -0.494 e. The van der Waals surface area contributed by atoms with E-state index in [1.54, 1.807) is 43.9 Å². The average Bonchev–Trinajstić information content (AvgIpc) is 3.65. The van der Waals surface area contributed by atoms with Gasteiger partial charge in [0.2, 0.25) is 17.8 Å². The van der Waals surface area contributed by atoms with Crippen LogP contribution >= 0.6 is 23.1 Å². The van der Waals surface area contributed by atoms with E-state index in [1.807, 2.05) is 24.3 Å². The second-order valence-electron chi connectivity index (χ2n) is 19.0. The highest BCUT2D eigenvalue weighted by molar-refractivity contribution is 9.10. The molecule has 5 aliphatic heterocycles. The van der Waals surface area contributed by atoms with Crippen molar-refractivity contribution in [3.05, 3.63) is 82.2 Å². The zero-order valence-corrected chi connectivity index (χ0v) is 41.5. The van der Waals surface area contributed by atoms with Crippen LogP contribution in [0.3, 0.4) is 0 Å². The molecule has 3 amide bonds. The number of rotatable bonds is 13. The van der Waals surface area contributed by atoms with Crippen LogP contribution in [-0.4, -0.2) is 144 Å². The fourth-order valence-corrected chi connectivity index (χ4v) is 12.4. The molecule has 10 rings (SSSR count). The number of methoxy groups -OCH3 is 1. The molecule has 17 nitrogen and oxygen atoms in total. The molecule has 0 aliphatic carbocycles. The summed E-state index contributed by atoms with van der Waals surface area (Å²) in [6, 6.07) is 14.1. The molecule has 0 radical (unpaired) electrons. The van der Waals surface area contributed by atoms with Crippen molar-refractivity contribution in [3.63, 3.8) is 0 Å². The lowest BCUT2D eigenvalue weighted by molar-refractivity contribution is -0.136. The lowest BCUT2D eigenvalue weighted by atomic mass is 9.96. The summed E-state index contributed by atoms with van der Waals surface area (Å²) in [6.45, 7) is 15.3. The van der Waals surface area contributed by atoms with Crippen molar-refractivity contribution in [2.24, 2.45) is 5.92 Å². The summed E-state index contributed by atoms with van der Waals surface area (Å²) in [6.07, 6.45) is 8.62. The number of nitrogens with zero attached hydrogens (tertiary/aromatic N) is 9. The Morgan fingerprint density at radius 1 is 0.882 bits per heavy atom. The number of hydrogen-bond acceptors (Lipinski definition) is 15. The Balaban J connectivity index is 0.712. The molecule has 0 saturated carbocycles. The van der Waals surface area contributed by atoms with Gasteiger partial charge in [-0.15, -0.1) is 0 Å². The minimum atomic E-state index is -2.77. The highest BCUT2D eigenvalue weighted by Gasteiger charge is 2.40. The van der Waals surface area contributed by atoms with E-state index in [1.165, 1.54) is 11.3 Å². The highest BCUT2D eigenvalue weighted by Crippen LogP contribution is 2.42. The molecule has 0 spiro atoms.